The number of nitrogens with zero attached hydrogens (tertiary/aromatic N) is 1. The predicted molar refractivity (Wildman–Crippen MR) is 71.2 cm³/mol. The first-order valence-corrected chi connectivity index (χ1v) is 5.71. The average Bonchev–Trinajstić information content (AvgIpc) is 2.63. The SMILES string of the molecule is Cc1cc(N(C)C(C)(C)C)cc2cc[nH]c12. The maximum Gasteiger partial charge on any atom is 0.0485 e. The molecule has 0 amide bonds. The van der Waals surface area contributed by atoms with Crippen molar-refractivity contribution in [3.8, 4) is 0 Å². The lowest BCUT2D eigenvalue weighted by molar-refractivity contribution is 0.539. The maximum atomic E-state index is 3.27. The van der Waals surface area contributed by atoms with Crippen molar-refractivity contribution in [3.05, 3.63) is 30.0 Å². The second-order valence-electron chi connectivity index (χ2n) is 5.43. The molecule has 0 unspecified atom stereocenters. The zero-order chi connectivity index (χ0) is 11.9. The molecular formula is C14H20N2. The summed E-state index contributed by atoms with van der Waals surface area (Å²) in [5.41, 5.74) is 3.97. The minimum Gasteiger partial charge on any atom is -0.370 e. The molecule has 0 radical (unpaired) electrons. The van der Waals surface area contributed by atoms with Crippen molar-refractivity contribution in [2.45, 2.75) is 33.2 Å². The van der Waals surface area contributed by atoms with Gasteiger partial charge in [-0.3, -0.25) is 0 Å². The third-order valence-electron chi connectivity index (χ3n) is 3.23. The Morgan fingerprint density at radius 2 is 1.88 bits per heavy atom. The van der Waals surface area contributed by atoms with Gasteiger partial charge in [-0.1, -0.05) is 0 Å². The minimum atomic E-state index is 0.149. The summed E-state index contributed by atoms with van der Waals surface area (Å²) in [5.74, 6) is 0. The van der Waals surface area contributed by atoms with E-state index in [0.29, 0.717) is 0 Å². The molecule has 1 aromatic carbocycles. The molecule has 16 heavy (non-hydrogen) atoms. The normalized spacial score (nSPS) is 12.1. The lowest BCUT2D eigenvalue weighted by Crippen LogP contribution is -2.38. The van der Waals surface area contributed by atoms with Crippen LogP contribution >= 0.6 is 0 Å². The van der Waals surface area contributed by atoms with Gasteiger partial charge in [-0.2, -0.15) is 0 Å². The second-order valence-corrected chi connectivity index (χ2v) is 5.43. The number of aromatic amines is 1. The molecule has 2 rings (SSSR count). The molecular weight excluding hydrogens is 196 g/mol. The predicted octanol–water partition coefficient (Wildman–Crippen LogP) is 3.71. The van der Waals surface area contributed by atoms with Crippen LogP contribution in [0.3, 0.4) is 0 Å². The number of H-pyrrole nitrogens is 1. The van der Waals surface area contributed by atoms with Crippen LogP contribution in [0.1, 0.15) is 26.3 Å². The van der Waals surface area contributed by atoms with Gasteiger partial charge in [-0.05, 0) is 51.5 Å². The highest BCUT2D eigenvalue weighted by atomic mass is 15.2. The van der Waals surface area contributed by atoms with Gasteiger partial charge in [0.1, 0.15) is 0 Å². The molecule has 0 saturated carbocycles. The van der Waals surface area contributed by atoms with Crippen LogP contribution < -0.4 is 4.90 Å². The summed E-state index contributed by atoms with van der Waals surface area (Å²) in [7, 11) is 2.15. The standard InChI is InChI=1S/C14H20N2/c1-10-8-12(16(5)14(2,3)4)9-11-6-7-15-13(10)11/h6-9,15H,1-5H3. The van der Waals surface area contributed by atoms with E-state index in [1.165, 1.54) is 22.2 Å². The number of anilines is 1. The third kappa shape index (κ3) is 1.80. The van der Waals surface area contributed by atoms with E-state index in [2.05, 4.69) is 62.8 Å². The van der Waals surface area contributed by atoms with Gasteiger partial charge in [0.2, 0.25) is 0 Å². The molecule has 0 aliphatic carbocycles. The van der Waals surface area contributed by atoms with E-state index >= 15 is 0 Å². The van der Waals surface area contributed by atoms with Gasteiger partial charge in [-0.25, -0.2) is 0 Å². The van der Waals surface area contributed by atoms with Crippen molar-refractivity contribution in [1.29, 1.82) is 0 Å². The van der Waals surface area contributed by atoms with Crippen LogP contribution in [-0.2, 0) is 0 Å². The van der Waals surface area contributed by atoms with E-state index in [0.717, 1.165) is 0 Å². The zero-order valence-corrected chi connectivity index (χ0v) is 10.8. The Hall–Kier alpha value is -1.44. The number of hydrogen-bond donors (Lipinski definition) is 1. The quantitative estimate of drug-likeness (QED) is 0.770. The largest absolute Gasteiger partial charge is 0.370 e. The molecule has 0 aliphatic heterocycles. The number of aryl methyl sites for hydroxylation is 1. The topological polar surface area (TPSA) is 19.0 Å². The molecule has 0 spiro atoms. The van der Waals surface area contributed by atoms with Gasteiger partial charge in [0.05, 0.1) is 0 Å². The summed E-state index contributed by atoms with van der Waals surface area (Å²) in [5, 5.41) is 1.28. The van der Waals surface area contributed by atoms with Crippen LogP contribution in [0, 0.1) is 6.92 Å². The van der Waals surface area contributed by atoms with Crippen molar-refractivity contribution in [3.63, 3.8) is 0 Å². The van der Waals surface area contributed by atoms with E-state index in [9.17, 15) is 0 Å². The van der Waals surface area contributed by atoms with Gasteiger partial charge in [0.25, 0.3) is 0 Å². The third-order valence-corrected chi connectivity index (χ3v) is 3.23. The highest BCUT2D eigenvalue weighted by molar-refractivity contribution is 5.86. The van der Waals surface area contributed by atoms with Crippen molar-refractivity contribution < 1.29 is 0 Å². The highest BCUT2D eigenvalue weighted by Gasteiger charge is 2.18. The molecule has 2 heteroatoms. The van der Waals surface area contributed by atoms with Crippen LogP contribution in [0.2, 0.25) is 0 Å². The molecule has 2 nitrogen and oxygen atoms in total. The van der Waals surface area contributed by atoms with Crippen LogP contribution in [0.4, 0.5) is 5.69 Å². The molecule has 2 aromatic rings. The minimum absolute atomic E-state index is 0.149. The maximum absolute atomic E-state index is 3.27. The Kier molecular flexibility index (Phi) is 2.45. The van der Waals surface area contributed by atoms with E-state index in [1.807, 2.05) is 6.20 Å². The summed E-state index contributed by atoms with van der Waals surface area (Å²) >= 11 is 0. The van der Waals surface area contributed by atoms with Crippen molar-refractivity contribution >= 4 is 16.6 Å². The van der Waals surface area contributed by atoms with E-state index in [-0.39, 0.29) is 5.54 Å². The van der Waals surface area contributed by atoms with Gasteiger partial charge < -0.3 is 9.88 Å². The fourth-order valence-corrected chi connectivity index (χ4v) is 1.92. The smallest absolute Gasteiger partial charge is 0.0485 e. The Balaban J connectivity index is 2.54. The molecule has 1 N–H and O–H groups in total. The highest BCUT2D eigenvalue weighted by Crippen LogP contribution is 2.28. The van der Waals surface area contributed by atoms with E-state index in [1.54, 1.807) is 0 Å². The van der Waals surface area contributed by atoms with Crippen molar-refractivity contribution in [1.82, 2.24) is 4.98 Å². The second kappa shape index (κ2) is 3.55. The monoisotopic (exact) mass is 216 g/mol. The Morgan fingerprint density at radius 1 is 1.19 bits per heavy atom. The lowest BCUT2D eigenvalue weighted by atomic mass is 10.0. The van der Waals surface area contributed by atoms with Gasteiger partial charge in [-0.15, -0.1) is 0 Å². The first kappa shape index (κ1) is 11.1. The van der Waals surface area contributed by atoms with Crippen LogP contribution in [0.5, 0.6) is 0 Å². The summed E-state index contributed by atoms with van der Waals surface area (Å²) < 4.78 is 0. The van der Waals surface area contributed by atoms with Gasteiger partial charge >= 0.3 is 0 Å². The first-order valence-electron chi connectivity index (χ1n) is 5.71. The number of fused-ring (bicyclic) bond motifs is 1. The van der Waals surface area contributed by atoms with Crippen molar-refractivity contribution in [2.24, 2.45) is 0 Å². The zero-order valence-electron chi connectivity index (χ0n) is 10.8. The molecule has 0 aliphatic rings. The fourth-order valence-electron chi connectivity index (χ4n) is 1.92. The molecule has 0 fully saturated rings. The van der Waals surface area contributed by atoms with Crippen LogP contribution in [0.15, 0.2) is 24.4 Å². The molecule has 1 heterocycles. The first-order chi connectivity index (χ1) is 7.39. The molecule has 86 valence electrons. The Morgan fingerprint density at radius 3 is 2.50 bits per heavy atom. The Labute approximate surface area is 97.3 Å². The van der Waals surface area contributed by atoms with Gasteiger partial charge in [0, 0.05) is 35.4 Å². The Bertz CT molecular complexity index is 503. The van der Waals surface area contributed by atoms with Crippen LogP contribution in [0.25, 0.3) is 10.9 Å². The van der Waals surface area contributed by atoms with Crippen LogP contribution in [-0.4, -0.2) is 17.6 Å². The van der Waals surface area contributed by atoms with E-state index < -0.39 is 0 Å². The number of rotatable bonds is 1. The summed E-state index contributed by atoms with van der Waals surface area (Å²) in [6, 6.07) is 6.61. The molecule has 0 atom stereocenters. The summed E-state index contributed by atoms with van der Waals surface area (Å²) in [6.07, 6.45) is 2.00. The van der Waals surface area contributed by atoms with E-state index in [4.69, 9.17) is 0 Å². The fraction of sp³-hybridized carbons (Fsp3) is 0.429. The number of aromatic nitrogens is 1. The summed E-state index contributed by atoms with van der Waals surface area (Å²) in [4.78, 5) is 5.59. The van der Waals surface area contributed by atoms with Gasteiger partial charge in [0.15, 0.2) is 0 Å². The van der Waals surface area contributed by atoms with Crippen molar-refractivity contribution in [2.75, 3.05) is 11.9 Å². The average molecular weight is 216 g/mol. The molecule has 1 aromatic heterocycles. The number of nitrogens with one attached hydrogen (secondary N) is 1. The molecule has 0 bridgehead atoms. The lowest BCUT2D eigenvalue weighted by Gasteiger charge is -2.34. The summed E-state index contributed by atoms with van der Waals surface area (Å²) in [6.45, 7) is 8.83. The number of hydrogen-bond acceptors (Lipinski definition) is 1. The number of benzene rings is 1. The molecule has 0 saturated heterocycles.